The molecule has 4 N–H and O–H groups in total. The van der Waals surface area contributed by atoms with E-state index in [0.717, 1.165) is 22.3 Å². The number of halogens is 7. The number of nitrogens with zero attached hydrogens (tertiary/aromatic N) is 3. The van der Waals surface area contributed by atoms with Crippen LogP contribution in [0.15, 0.2) is 96.1 Å². The lowest BCUT2D eigenvalue weighted by Gasteiger charge is -2.63. The molecule has 0 unspecified atom stereocenters. The molecule has 0 spiro atoms. The molecule has 15 nitrogen and oxygen atoms in total. The van der Waals surface area contributed by atoms with Gasteiger partial charge < -0.3 is 20.2 Å². The van der Waals surface area contributed by atoms with Crippen molar-refractivity contribution >= 4 is 69.2 Å². The van der Waals surface area contributed by atoms with Gasteiger partial charge in [0.1, 0.15) is 12.3 Å². The van der Waals surface area contributed by atoms with E-state index in [-0.39, 0.29) is 48.5 Å². The van der Waals surface area contributed by atoms with Crippen LogP contribution in [0.4, 0.5) is 17.6 Å². The first kappa shape index (κ1) is 63.8. The van der Waals surface area contributed by atoms with E-state index in [9.17, 15) is 34.5 Å². The molecule has 2 heterocycles. The van der Waals surface area contributed by atoms with Gasteiger partial charge in [-0.1, -0.05) is 96.1 Å². The zero-order valence-corrected chi connectivity index (χ0v) is 51.7. The summed E-state index contributed by atoms with van der Waals surface area (Å²) in [6.45, 7) is 8.20. The highest BCUT2D eigenvalue weighted by atomic mass is 127. The molecular formula is C61H75Cl2F4IN4O11. The molecule has 10 aliphatic rings. The van der Waals surface area contributed by atoms with Crippen LogP contribution in [0, 0.1) is 57.2 Å². The fraction of sp³-hybridized carbons (Fsp3) is 0.607. The molecule has 454 valence electrons. The summed E-state index contributed by atoms with van der Waals surface area (Å²) in [7, 11) is 6.18. The van der Waals surface area contributed by atoms with Crippen LogP contribution in [-0.4, -0.2) is 147 Å². The van der Waals surface area contributed by atoms with Crippen LogP contribution in [0.25, 0.3) is 0 Å². The van der Waals surface area contributed by atoms with Crippen molar-refractivity contribution in [2.24, 2.45) is 57.2 Å². The number of carbonyl (C=O) groups excluding carboxylic acids is 3. The van der Waals surface area contributed by atoms with Gasteiger partial charge in [0.05, 0.1) is 26.4 Å². The summed E-state index contributed by atoms with van der Waals surface area (Å²) in [5, 5.41) is 39.4. The summed E-state index contributed by atoms with van der Waals surface area (Å²) in [5.41, 5.74) is -8.32. The minimum absolute atomic E-state index is 0.0536. The number of aliphatic hydroxyl groups excluding tert-OH is 2. The number of allylic oxidation sites excluding steroid dienone is 8. The molecule has 2 aromatic carbocycles. The number of carboxylic acids is 1. The van der Waals surface area contributed by atoms with E-state index in [2.05, 4.69) is 32.9 Å². The van der Waals surface area contributed by atoms with Crippen molar-refractivity contribution in [3.05, 3.63) is 117 Å². The number of nitrogens with one attached hydrogen (secondary N) is 1. The molecule has 6 saturated carbocycles. The number of hydrogen-bond acceptors (Lipinski definition) is 13. The zero-order chi connectivity index (χ0) is 60.8. The number of amides is 1. The Hall–Kier alpha value is -3.65. The maximum absolute atomic E-state index is 17.6. The Morgan fingerprint density at radius 2 is 1.07 bits per heavy atom. The van der Waals surface area contributed by atoms with Crippen molar-refractivity contribution in [3.63, 3.8) is 0 Å². The van der Waals surface area contributed by atoms with Crippen LogP contribution in [0.5, 0.6) is 0 Å². The maximum atomic E-state index is 17.6. The third-order valence-electron chi connectivity index (χ3n) is 21.3. The number of carboxylic acid groups (broad SMARTS) is 1. The highest BCUT2D eigenvalue weighted by molar-refractivity contribution is 14.1. The smallest absolute Gasteiger partial charge is 0.339 e. The molecule has 8 aliphatic carbocycles. The summed E-state index contributed by atoms with van der Waals surface area (Å²) >= 11 is 14.2. The van der Waals surface area contributed by atoms with Crippen LogP contribution < -0.4 is 5.48 Å². The van der Waals surface area contributed by atoms with Crippen LogP contribution in [0.1, 0.15) is 77.3 Å². The van der Waals surface area contributed by atoms with Crippen molar-refractivity contribution in [1.82, 2.24) is 20.7 Å². The van der Waals surface area contributed by atoms with E-state index < -0.39 is 116 Å². The van der Waals surface area contributed by atoms with Crippen LogP contribution in [0.2, 0.25) is 10.0 Å². The fourth-order valence-electron chi connectivity index (χ4n) is 17.5. The van der Waals surface area contributed by atoms with Crippen molar-refractivity contribution in [2.45, 2.75) is 126 Å². The van der Waals surface area contributed by atoms with E-state index in [1.807, 2.05) is 36.1 Å². The Morgan fingerprint density at radius 3 is 1.45 bits per heavy atom. The molecule has 2 saturated heterocycles. The van der Waals surface area contributed by atoms with Gasteiger partial charge in [0.15, 0.2) is 34.1 Å². The molecule has 2 aliphatic heterocycles. The molecule has 83 heavy (non-hydrogen) atoms. The van der Waals surface area contributed by atoms with E-state index in [1.54, 1.807) is 69.3 Å². The summed E-state index contributed by atoms with van der Waals surface area (Å²) in [6.07, 6.45) is 1.61. The summed E-state index contributed by atoms with van der Waals surface area (Å²) in [5.74, 6) is -5.98. The van der Waals surface area contributed by atoms with E-state index in [0.29, 0.717) is 49.1 Å². The number of carbonyl (C=O) groups is 4. The average Bonchev–Trinajstić information content (AvgIpc) is 1.65. The lowest BCUT2D eigenvalue weighted by Crippen LogP contribution is -2.71. The monoisotopic (exact) mass is 1310 g/mol. The SMILES string of the molecule is CI.CNOC.CON(C)C(=O)[C@@]12ON(Cc3ccc(Cl)cc3)C[C@@H]1C[C@H]1[C@@H]3C[C@H](F)C4=CC(=O)C=C[C@]4(C)[C@@]3(F)[C@@H](O)C[C@@]12C.C[C@]12C=CC(=O)C=C1[C@@H](F)C[C@H]1[C@@H]3C[C@H]4CN(Cc5ccc(Cl)cc5)O[C@@]4(C(=O)O)[C@@]3(C)C[C@H](O)[C@@]12F. The number of aliphatic carboxylic acids is 1. The van der Waals surface area contributed by atoms with Gasteiger partial charge in [-0.15, -0.1) is 0 Å². The normalized spacial score (nSPS) is 42.4. The second kappa shape index (κ2) is 23.1. The first-order valence-corrected chi connectivity index (χ1v) is 30.9. The summed E-state index contributed by atoms with van der Waals surface area (Å²) in [6, 6.07) is 14.5. The number of ketones is 2. The third kappa shape index (κ3) is 9.49. The standard InChI is InChI=1S/C30H35ClF2N2O5.C28H30ClF2NO5.C2H7NO.CH3I/c1-27-10-9-20(36)12-23(27)24(32)13-22-21-11-18-16-35(15-17-5-7-19(31)8-6-17)40-30(18,26(38)34(3)39-4)28(21,2)14-25(37)29(22,27)33;1-25-8-7-18(33)10-21(25)22(30)11-20-19-9-16-14-32(13-15-3-5-17(29)6-4-15)37-28(16,24(35)36)26(19,2)12-23(34)27(20,25)31;1-3-4-2;1-2/h5-10,12,18,21-22,24-25,37H,11,13-16H2,1-4H3;3-8,10,16,19-20,22-23,34H,9,11-14H2,1-2H3,(H,35,36);3H,1-2H3;1H3/t18-,21-,22-,24-,25-,27-,28-,29-,30-;16-,19-,20-,22-,23-,25-,26-,27-,28-;;/m00../s1. The van der Waals surface area contributed by atoms with Gasteiger partial charge in [-0.2, -0.15) is 10.1 Å². The van der Waals surface area contributed by atoms with Gasteiger partial charge in [0, 0.05) is 95.7 Å². The largest absolute Gasteiger partial charge is 0.479 e. The molecular weight excluding hydrogens is 1240 g/mol. The molecule has 0 bridgehead atoms. The van der Waals surface area contributed by atoms with Crippen LogP contribution in [-0.2, 0) is 51.6 Å². The minimum atomic E-state index is -2.25. The van der Waals surface area contributed by atoms with Gasteiger partial charge in [-0.3, -0.25) is 28.9 Å². The average molecular weight is 1310 g/mol. The van der Waals surface area contributed by atoms with Gasteiger partial charge in [-0.25, -0.2) is 32.9 Å². The summed E-state index contributed by atoms with van der Waals surface area (Å²) < 4.78 is 66.3. The minimum Gasteiger partial charge on any atom is -0.479 e. The van der Waals surface area contributed by atoms with Crippen molar-refractivity contribution in [1.29, 1.82) is 0 Å². The molecule has 18 atom stereocenters. The van der Waals surface area contributed by atoms with E-state index in [4.69, 9.17) is 37.7 Å². The first-order chi connectivity index (χ1) is 39.1. The molecule has 0 radical (unpaired) electrons. The molecule has 0 aromatic heterocycles. The predicted molar refractivity (Wildman–Crippen MR) is 310 cm³/mol. The molecule has 1 amide bonds. The van der Waals surface area contributed by atoms with Gasteiger partial charge in [-0.05, 0) is 140 Å². The van der Waals surface area contributed by atoms with Crippen LogP contribution in [0.3, 0.4) is 0 Å². The van der Waals surface area contributed by atoms with Gasteiger partial charge >= 0.3 is 5.97 Å². The molecule has 2 aromatic rings. The topological polar surface area (TPSA) is 188 Å². The number of benzene rings is 2. The Morgan fingerprint density at radius 1 is 0.699 bits per heavy atom. The second-order valence-electron chi connectivity index (χ2n) is 24.8. The Kier molecular flexibility index (Phi) is 17.8. The number of hydroxylamine groups is 7. The lowest BCUT2D eigenvalue weighted by atomic mass is 9.44. The maximum Gasteiger partial charge on any atom is 0.339 e. The Balaban J connectivity index is 0.000000183. The van der Waals surface area contributed by atoms with Crippen molar-refractivity contribution in [2.75, 3.05) is 46.3 Å². The number of aliphatic hydroxyl groups is 2. The number of fused-ring (bicyclic) bond motifs is 14. The van der Waals surface area contributed by atoms with E-state index in [1.165, 1.54) is 44.5 Å². The Bertz CT molecular complexity index is 2980. The number of alkyl halides is 5. The quantitative estimate of drug-likeness (QED) is 0.0847. The molecule has 8 fully saturated rings. The number of likely N-dealkylation sites (N-methyl/N-ethyl adjacent to an activating group) is 1. The van der Waals surface area contributed by atoms with Crippen molar-refractivity contribution in [3.8, 4) is 0 Å². The summed E-state index contributed by atoms with van der Waals surface area (Å²) in [4.78, 5) is 75.7. The molecule has 12 rings (SSSR count). The van der Waals surface area contributed by atoms with Crippen LogP contribution >= 0.6 is 45.8 Å². The van der Waals surface area contributed by atoms with Gasteiger partial charge in [0.25, 0.3) is 5.91 Å². The Labute approximate surface area is 505 Å². The van der Waals surface area contributed by atoms with Gasteiger partial charge in [0.2, 0.25) is 0 Å². The first-order valence-electron chi connectivity index (χ1n) is 28.0. The highest BCUT2D eigenvalue weighted by Gasteiger charge is 2.82. The van der Waals surface area contributed by atoms with Crippen molar-refractivity contribution < 1.29 is 71.4 Å². The second-order valence-corrected chi connectivity index (χ2v) is 25.7. The zero-order valence-electron chi connectivity index (χ0n) is 48.0. The predicted octanol–water partition coefficient (Wildman–Crippen LogP) is 9.66. The number of rotatable bonds is 8. The number of hydrogen-bond donors (Lipinski definition) is 4. The fourth-order valence-corrected chi connectivity index (χ4v) is 17.7. The van der Waals surface area contributed by atoms with E-state index >= 15 is 17.6 Å². The third-order valence-corrected chi connectivity index (χ3v) is 21.8. The highest BCUT2D eigenvalue weighted by Crippen LogP contribution is 2.75. The molecule has 22 heteroatoms. The lowest BCUT2D eigenvalue weighted by molar-refractivity contribution is -0.281.